The highest BCUT2D eigenvalue weighted by atomic mass is 35.5. The molecule has 33 heavy (non-hydrogen) atoms. The molecule has 9 heteroatoms. The molecule has 2 aromatic rings. The van der Waals surface area contributed by atoms with Crippen LogP contribution >= 0.6 is 11.6 Å². The van der Waals surface area contributed by atoms with Gasteiger partial charge in [-0.3, -0.25) is 14.9 Å². The number of carbonyl (C=O) groups excluding carboxylic acids is 2. The third kappa shape index (κ3) is 5.06. The molecular formula is C24H27ClN4O4. The van der Waals surface area contributed by atoms with Gasteiger partial charge in [-0.2, -0.15) is 0 Å². The molecule has 1 amide bonds. The second-order valence-corrected chi connectivity index (χ2v) is 8.28. The van der Waals surface area contributed by atoms with Crippen LogP contribution in [0.15, 0.2) is 53.5 Å². The molecule has 2 aliphatic rings. The first-order valence-corrected chi connectivity index (χ1v) is 11.3. The maximum Gasteiger partial charge on any atom is 0.321 e. The van der Waals surface area contributed by atoms with Crippen LogP contribution in [0.5, 0.6) is 5.75 Å². The number of nitrogens with one attached hydrogen (secondary N) is 1. The minimum Gasteiger partial charge on any atom is -0.497 e. The average molecular weight is 471 g/mol. The number of ether oxygens (including phenoxy) is 2. The number of guanidine groups is 1. The monoisotopic (exact) mass is 470 g/mol. The number of rotatable bonds is 5. The van der Waals surface area contributed by atoms with Gasteiger partial charge < -0.3 is 19.3 Å². The SMILES string of the molecule is CCOC(=O)[C@@H]1C(=O)NC(N2CCN(c3ccc(OC)cc3)CC2)=N[C@@H]1c1ccc(Cl)cc1. The van der Waals surface area contributed by atoms with Gasteiger partial charge in [-0.1, -0.05) is 23.7 Å². The topological polar surface area (TPSA) is 83.5 Å². The van der Waals surface area contributed by atoms with Crippen molar-refractivity contribution in [1.82, 2.24) is 10.2 Å². The van der Waals surface area contributed by atoms with Crippen molar-refractivity contribution in [2.75, 3.05) is 44.8 Å². The summed E-state index contributed by atoms with van der Waals surface area (Å²) in [5.74, 6) is -0.732. The van der Waals surface area contributed by atoms with Gasteiger partial charge in [0.05, 0.1) is 13.7 Å². The Balaban J connectivity index is 1.53. The lowest BCUT2D eigenvalue weighted by Crippen LogP contribution is -2.57. The molecule has 2 aliphatic heterocycles. The summed E-state index contributed by atoms with van der Waals surface area (Å²) in [7, 11) is 1.65. The van der Waals surface area contributed by atoms with Crippen molar-refractivity contribution < 1.29 is 19.1 Å². The molecule has 0 unspecified atom stereocenters. The molecule has 0 aromatic heterocycles. The van der Waals surface area contributed by atoms with Crippen LogP contribution in [-0.4, -0.2) is 62.6 Å². The summed E-state index contributed by atoms with van der Waals surface area (Å²) in [6.07, 6.45) is 0. The number of halogens is 1. The van der Waals surface area contributed by atoms with Gasteiger partial charge in [0.2, 0.25) is 11.9 Å². The van der Waals surface area contributed by atoms with Crippen LogP contribution in [0.1, 0.15) is 18.5 Å². The predicted octanol–water partition coefficient (Wildman–Crippen LogP) is 2.88. The normalized spacial score (nSPS) is 20.7. The first kappa shape index (κ1) is 22.9. The fraction of sp³-hybridized carbons (Fsp3) is 0.375. The second-order valence-electron chi connectivity index (χ2n) is 7.84. The molecule has 0 bridgehead atoms. The maximum absolute atomic E-state index is 13.0. The van der Waals surface area contributed by atoms with E-state index in [2.05, 4.69) is 10.2 Å². The Labute approximate surface area is 198 Å². The minimum absolute atomic E-state index is 0.194. The Bertz CT molecular complexity index is 1020. The van der Waals surface area contributed by atoms with Crippen molar-refractivity contribution in [1.29, 1.82) is 0 Å². The zero-order chi connectivity index (χ0) is 23.4. The lowest BCUT2D eigenvalue weighted by molar-refractivity contribution is -0.153. The van der Waals surface area contributed by atoms with Crippen LogP contribution < -0.4 is 15.0 Å². The van der Waals surface area contributed by atoms with Crippen LogP contribution in [0.2, 0.25) is 5.02 Å². The van der Waals surface area contributed by atoms with E-state index >= 15 is 0 Å². The van der Waals surface area contributed by atoms with Crippen LogP contribution in [0.25, 0.3) is 0 Å². The number of hydrogen-bond donors (Lipinski definition) is 1. The second kappa shape index (κ2) is 10.1. The zero-order valence-electron chi connectivity index (χ0n) is 18.7. The number of carbonyl (C=O) groups is 2. The van der Waals surface area contributed by atoms with Gasteiger partial charge in [0.1, 0.15) is 11.8 Å². The molecule has 2 heterocycles. The van der Waals surface area contributed by atoms with E-state index < -0.39 is 23.8 Å². The molecule has 0 spiro atoms. The van der Waals surface area contributed by atoms with Gasteiger partial charge in [-0.15, -0.1) is 0 Å². The number of nitrogens with zero attached hydrogens (tertiary/aromatic N) is 3. The van der Waals surface area contributed by atoms with Crippen LogP contribution in [0.4, 0.5) is 5.69 Å². The zero-order valence-corrected chi connectivity index (χ0v) is 19.4. The van der Waals surface area contributed by atoms with Crippen molar-refractivity contribution in [3.63, 3.8) is 0 Å². The number of aliphatic imine (C=N–C) groups is 1. The van der Waals surface area contributed by atoms with Crippen molar-refractivity contribution in [3.8, 4) is 5.75 Å². The third-order valence-corrected chi connectivity index (χ3v) is 6.12. The molecule has 1 saturated heterocycles. The van der Waals surface area contributed by atoms with E-state index in [1.54, 1.807) is 38.3 Å². The van der Waals surface area contributed by atoms with Crippen molar-refractivity contribution in [3.05, 3.63) is 59.1 Å². The van der Waals surface area contributed by atoms with E-state index in [0.717, 1.165) is 30.1 Å². The van der Waals surface area contributed by atoms with E-state index in [0.29, 0.717) is 24.1 Å². The van der Waals surface area contributed by atoms with Crippen LogP contribution in [0.3, 0.4) is 0 Å². The number of hydrogen-bond acceptors (Lipinski definition) is 7. The standard InChI is InChI=1S/C24H27ClN4O4/c1-3-33-23(31)20-21(16-4-6-17(25)7-5-16)26-24(27-22(20)30)29-14-12-28(13-15-29)18-8-10-19(32-2)11-9-18/h4-11,20-21H,3,12-15H2,1-2H3,(H,26,27,30)/t20-,21+/m0/s1. The Morgan fingerprint density at radius 2 is 1.70 bits per heavy atom. The van der Waals surface area contributed by atoms with Gasteiger partial charge in [0, 0.05) is 36.9 Å². The van der Waals surface area contributed by atoms with Gasteiger partial charge in [0.15, 0.2) is 5.92 Å². The van der Waals surface area contributed by atoms with Gasteiger partial charge in [-0.05, 0) is 48.9 Å². The molecule has 4 rings (SSSR count). The molecule has 1 fully saturated rings. The summed E-state index contributed by atoms with van der Waals surface area (Å²) in [6, 6.07) is 14.3. The van der Waals surface area contributed by atoms with Crippen LogP contribution in [-0.2, 0) is 14.3 Å². The summed E-state index contributed by atoms with van der Waals surface area (Å²) in [6.45, 7) is 4.82. The van der Waals surface area contributed by atoms with Gasteiger partial charge in [-0.25, -0.2) is 4.99 Å². The Morgan fingerprint density at radius 3 is 2.30 bits per heavy atom. The third-order valence-electron chi connectivity index (χ3n) is 5.86. The first-order valence-electron chi connectivity index (χ1n) is 10.9. The summed E-state index contributed by atoms with van der Waals surface area (Å²) >= 11 is 6.03. The van der Waals surface area contributed by atoms with Gasteiger partial charge in [0.25, 0.3) is 0 Å². The van der Waals surface area contributed by atoms with Crippen molar-refractivity contribution >= 4 is 35.1 Å². The molecule has 174 valence electrons. The lowest BCUT2D eigenvalue weighted by atomic mass is 9.91. The highest BCUT2D eigenvalue weighted by molar-refractivity contribution is 6.30. The molecule has 2 atom stereocenters. The molecule has 8 nitrogen and oxygen atoms in total. The highest BCUT2D eigenvalue weighted by Crippen LogP contribution is 2.32. The van der Waals surface area contributed by atoms with Gasteiger partial charge >= 0.3 is 5.97 Å². The fourth-order valence-corrected chi connectivity index (χ4v) is 4.22. The first-order chi connectivity index (χ1) is 16.0. The van der Waals surface area contributed by atoms with E-state index in [4.69, 9.17) is 26.1 Å². The number of benzene rings is 2. The predicted molar refractivity (Wildman–Crippen MR) is 127 cm³/mol. The minimum atomic E-state index is -1.05. The number of methoxy groups -OCH3 is 1. The Kier molecular flexibility index (Phi) is 7.03. The largest absolute Gasteiger partial charge is 0.497 e. The summed E-state index contributed by atoms with van der Waals surface area (Å²) in [4.78, 5) is 34.7. The number of anilines is 1. The van der Waals surface area contributed by atoms with Crippen LogP contribution in [0, 0.1) is 5.92 Å². The van der Waals surface area contributed by atoms with E-state index in [-0.39, 0.29) is 6.61 Å². The number of esters is 1. The number of piperazine rings is 1. The van der Waals surface area contributed by atoms with Crippen molar-refractivity contribution in [2.45, 2.75) is 13.0 Å². The van der Waals surface area contributed by atoms with Crippen molar-refractivity contribution in [2.24, 2.45) is 10.9 Å². The summed E-state index contributed by atoms with van der Waals surface area (Å²) < 4.78 is 10.4. The maximum atomic E-state index is 13.0. The molecule has 0 radical (unpaired) electrons. The Hall–Kier alpha value is -3.26. The lowest BCUT2D eigenvalue weighted by Gasteiger charge is -2.39. The summed E-state index contributed by atoms with van der Waals surface area (Å²) in [5.41, 5.74) is 1.85. The molecule has 1 N–H and O–H groups in total. The molecule has 0 saturated carbocycles. The smallest absolute Gasteiger partial charge is 0.321 e. The summed E-state index contributed by atoms with van der Waals surface area (Å²) in [5, 5.41) is 3.41. The Morgan fingerprint density at radius 1 is 1.06 bits per heavy atom. The average Bonchev–Trinajstić information content (AvgIpc) is 2.84. The van der Waals surface area contributed by atoms with E-state index in [1.165, 1.54) is 0 Å². The quantitative estimate of drug-likeness (QED) is 0.534. The molecule has 0 aliphatic carbocycles. The fourth-order valence-electron chi connectivity index (χ4n) is 4.09. The number of amides is 1. The van der Waals surface area contributed by atoms with E-state index in [1.807, 2.05) is 29.2 Å². The molecule has 2 aromatic carbocycles. The highest BCUT2D eigenvalue weighted by Gasteiger charge is 2.42. The molecular weight excluding hydrogens is 444 g/mol. The van der Waals surface area contributed by atoms with E-state index in [9.17, 15) is 9.59 Å².